The van der Waals surface area contributed by atoms with Crippen LogP contribution in [0, 0.1) is 5.92 Å². The van der Waals surface area contributed by atoms with Crippen LogP contribution in [0.25, 0.3) is 0 Å². The number of likely N-dealkylation sites (tertiary alicyclic amines) is 1. The van der Waals surface area contributed by atoms with Crippen molar-refractivity contribution in [2.45, 2.75) is 32.4 Å². The van der Waals surface area contributed by atoms with E-state index in [4.69, 9.17) is 5.73 Å². The largest absolute Gasteiger partial charge is 0.370 e. The molecular formula is C20H29IN6O. The molecule has 0 saturated carbocycles. The van der Waals surface area contributed by atoms with Crippen LogP contribution in [0.3, 0.4) is 0 Å². The van der Waals surface area contributed by atoms with Crippen LogP contribution < -0.4 is 11.1 Å². The quantitative estimate of drug-likeness (QED) is 0.365. The molecule has 2 heterocycles. The molecule has 0 bridgehead atoms. The number of amides is 1. The van der Waals surface area contributed by atoms with Gasteiger partial charge in [-0.25, -0.2) is 0 Å². The van der Waals surface area contributed by atoms with E-state index in [1.165, 1.54) is 11.1 Å². The Balaban J connectivity index is 0.00000280. The smallest absolute Gasteiger partial charge is 0.217 e. The molecule has 0 spiro atoms. The Morgan fingerprint density at radius 3 is 2.89 bits per heavy atom. The van der Waals surface area contributed by atoms with Crippen LogP contribution in [0.15, 0.2) is 47.7 Å². The van der Waals surface area contributed by atoms with Crippen molar-refractivity contribution < 1.29 is 4.79 Å². The lowest BCUT2D eigenvalue weighted by Gasteiger charge is -2.34. The molecule has 1 aromatic heterocycles. The van der Waals surface area contributed by atoms with Gasteiger partial charge in [0.1, 0.15) is 0 Å². The van der Waals surface area contributed by atoms with Gasteiger partial charge in [0, 0.05) is 45.5 Å². The number of benzene rings is 1. The van der Waals surface area contributed by atoms with Crippen molar-refractivity contribution in [3.8, 4) is 0 Å². The zero-order valence-electron chi connectivity index (χ0n) is 16.3. The summed E-state index contributed by atoms with van der Waals surface area (Å²) in [4.78, 5) is 17.9. The first-order valence-corrected chi connectivity index (χ1v) is 9.43. The SMILES string of the molecule is CN=C(NCc1cccc(Cn2cccn2)c1)N1CCCC(CC(N)=O)C1.I. The molecule has 28 heavy (non-hydrogen) atoms. The first kappa shape index (κ1) is 22.2. The van der Waals surface area contributed by atoms with E-state index in [-0.39, 0.29) is 29.9 Å². The lowest BCUT2D eigenvalue weighted by atomic mass is 9.95. The Morgan fingerprint density at radius 2 is 2.18 bits per heavy atom. The third-order valence-electron chi connectivity index (χ3n) is 4.87. The molecule has 1 amide bonds. The lowest BCUT2D eigenvalue weighted by molar-refractivity contribution is -0.119. The molecule has 1 atom stereocenters. The maximum atomic E-state index is 11.2. The molecule has 152 valence electrons. The number of aliphatic imine (C=N–C) groups is 1. The third kappa shape index (κ3) is 6.50. The molecule has 3 rings (SSSR count). The van der Waals surface area contributed by atoms with Crippen molar-refractivity contribution in [3.05, 3.63) is 53.9 Å². The number of primary amides is 1. The molecule has 0 aliphatic carbocycles. The van der Waals surface area contributed by atoms with Gasteiger partial charge < -0.3 is 16.0 Å². The van der Waals surface area contributed by atoms with Crippen LogP contribution in [-0.2, 0) is 17.9 Å². The van der Waals surface area contributed by atoms with Crippen LogP contribution >= 0.6 is 24.0 Å². The van der Waals surface area contributed by atoms with Gasteiger partial charge in [0.15, 0.2) is 5.96 Å². The predicted octanol–water partition coefficient (Wildman–Crippen LogP) is 2.21. The second-order valence-electron chi connectivity index (χ2n) is 7.05. The van der Waals surface area contributed by atoms with E-state index in [1.807, 2.05) is 16.9 Å². The number of halogens is 1. The number of carbonyl (C=O) groups is 1. The number of nitrogens with zero attached hydrogens (tertiary/aromatic N) is 4. The predicted molar refractivity (Wildman–Crippen MR) is 121 cm³/mol. The Kier molecular flexibility index (Phi) is 8.75. The fourth-order valence-corrected chi connectivity index (χ4v) is 3.64. The van der Waals surface area contributed by atoms with E-state index in [9.17, 15) is 4.79 Å². The van der Waals surface area contributed by atoms with E-state index in [0.717, 1.165) is 38.4 Å². The molecular weight excluding hydrogens is 467 g/mol. The van der Waals surface area contributed by atoms with Gasteiger partial charge in [-0.15, -0.1) is 24.0 Å². The zero-order chi connectivity index (χ0) is 19.1. The second kappa shape index (κ2) is 11.0. The maximum absolute atomic E-state index is 11.2. The molecule has 1 fully saturated rings. The molecule has 7 nitrogen and oxygen atoms in total. The van der Waals surface area contributed by atoms with Crippen LogP contribution in [-0.4, -0.2) is 46.7 Å². The number of hydrogen-bond donors (Lipinski definition) is 2. The summed E-state index contributed by atoms with van der Waals surface area (Å²) < 4.78 is 1.91. The van der Waals surface area contributed by atoms with E-state index in [1.54, 1.807) is 13.2 Å². The fraction of sp³-hybridized carbons (Fsp3) is 0.450. The molecule has 8 heteroatoms. The Labute approximate surface area is 183 Å². The highest BCUT2D eigenvalue weighted by atomic mass is 127. The standard InChI is InChI=1S/C20H28N6O.HI/c1-22-20(25-9-3-7-18(14-25)12-19(21)27)23-13-16-5-2-6-17(11-16)15-26-10-4-8-24-26;/h2,4-6,8,10-11,18H,3,7,9,12-15H2,1H3,(H2,21,27)(H,22,23);1H. The monoisotopic (exact) mass is 496 g/mol. The number of piperidine rings is 1. The normalized spacial score (nSPS) is 17.1. The van der Waals surface area contributed by atoms with Crippen molar-refractivity contribution in [1.82, 2.24) is 20.0 Å². The van der Waals surface area contributed by atoms with Crippen molar-refractivity contribution in [3.63, 3.8) is 0 Å². The highest BCUT2D eigenvalue weighted by molar-refractivity contribution is 14.0. The van der Waals surface area contributed by atoms with E-state index in [0.29, 0.717) is 18.9 Å². The van der Waals surface area contributed by atoms with Gasteiger partial charge in [-0.2, -0.15) is 5.10 Å². The molecule has 1 saturated heterocycles. The van der Waals surface area contributed by atoms with Crippen molar-refractivity contribution in [2.24, 2.45) is 16.6 Å². The summed E-state index contributed by atoms with van der Waals surface area (Å²) >= 11 is 0. The average Bonchev–Trinajstić information content (AvgIpc) is 3.15. The maximum Gasteiger partial charge on any atom is 0.217 e. The Hall–Kier alpha value is -2.10. The van der Waals surface area contributed by atoms with E-state index >= 15 is 0 Å². The Bertz CT molecular complexity index is 777. The molecule has 1 unspecified atom stereocenters. The highest BCUT2D eigenvalue weighted by Gasteiger charge is 2.23. The molecule has 1 aliphatic rings. The zero-order valence-corrected chi connectivity index (χ0v) is 18.6. The van der Waals surface area contributed by atoms with Gasteiger partial charge in [0.2, 0.25) is 5.91 Å². The van der Waals surface area contributed by atoms with E-state index in [2.05, 4.69) is 44.6 Å². The number of nitrogens with two attached hydrogens (primary N) is 1. The molecule has 1 aliphatic heterocycles. The minimum atomic E-state index is -0.223. The summed E-state index contributed by atoms with van der Waals surface area (Å²) in [6.07, 6.45) is 6.30. The lowest BCUT2D eigenvalue weighted by Crippen LogP contribution is -2.46. The first-order chi connectivity index (χ1) is 13.1. The second-order valence-corrected chi connectivity index (χ2v) is 7.05. The molecule has 3 N–H and O–H groups in total. The van der Waals surface area contributed by atoms with E-state index < -0.39 is 0 Å². The molecule has 1 aromatic carbocycles. The summed E-state index contributed by atoms with van der Waals surface area (Å²) in [5.74, 6) is 0.965. The fourth-order valence-electron chi connectivity index (χ4n) is 3.64. The Morgan fingerprint density at radius 1 is 1.36 bits per heavy atom. The topological polar surface area (TPSA) is 88.5 Å². The van der Waals surface area contributed by atoms with Gasteiger partial charge >= 0.3 is 0 Å². The summed E-state index contributed by atoms with van der Waals surface area (Å²) in [5, 5.41) is 7.71. The third-order valence-corrected chi connectivity index (χ3v) is 4.87. The summed E-state index contributed by atoms with van der Waals surface area (Å²) in [7, 11) is 1.80. The van der Waals surface area contributed by atoms with Crippen LogP contribution in [0.1, 0.15) is 30.4 Å². The molecule has 0 radical (unpaired) electrons. The average molecular weight is 496 g/mol. The van der Waals surface area contributed by atoms with Gasteiger partial charge in [-0.1, -0.05) is 24.3 Å². The number of hydrogen-bond acceptors (Lipinski definition) is 3. The van der Waals surface area contributed by atoms with Crippen LogP contribution in [0.2, 0.25) is 0 Å². The number of rotatable bonds is 6. The number of nitrogens with one attached hydrogen (secondary N) is 1. The van der Waals surface area contributed by atoms with Crippen molar-refractivity contribution >= 4 is 35.8 Å². The number of guanidine groups is 1. The van der Waals surface area contributed by atoms with Crippen molar-refractivity contribution in [1.29, 1.82) is 0 Å². The summed E-state index contributed by atoms with van der Waals surface area (Å²) in [5.41, 5.74) is 7.78. The number of carbonyl (C=O) groups excluding carboxylic acids is 1. The summed E-state index contributed by atoms with van der Waals surface area (Å²) in [6, 6.07) is 10.4. The minimum Gasteiger partial charge on any atom is -0.370 e. The van der Waals surface area contributed by atoms with Crippen LogP contribution in [0.4, 0.5) is 0 Å². The highest BCUT2D eigenvalue weighted by Crippen LogP contribution is 2.19. The number of aromatic nitrogens is 2. The first-order valence-electron chi connectivity index (χ1n) is 9.43. The molecule has 2 aromatic rings. The van der Waals surface area contributed by atoms with Gasteiger partial charge in [-0.3, -0.25) is 14.5 Å². The summed E-state index contributed by atoms with van der Waals surface area (Å²) in [6.45, 7) is 3.24. The van der Waals surface area contributed by atoms with Crippen LogP contribution in [0.5, 0.6) is 0 Å². The van der Waals surface area contributed by atoms with Gasteiger partial charge in [-0.05, 0) is 36.0 Å². The van der Waals surface area contributed by atoms with Crippen molar-refractivity contribution in [2.75, 3.05) is 20.1 Å². The minimum absolute atomic E-state index is 0. The van der Waals surface area contributed by atoms with Gasteiger partial charge in [0.25, 0.3) is 0 Å². The van der Waals surface area contributed by atoms with Gasteiger partial charge in [0.05, 0.1) is 6.54 Å².